The van der Waals surface area contributed by atoms with Gasteiger partial charge in [-0.05, 0) is 42.0 Å². The van der Waals surface area contributed by atoms with E-state index in [-0.39, 0.29) is 39.9 Å². The average molecular weight is 625 g/mol. The van der Waals surface area contributed by atoms with Gasteiger partial charge in [0.1, 0.15) is 48.3 Å². The van der Waals surface area contributed by atoms with Crippen LogP contribution in [0.25, 0.3) is 28.7 Å². The molecule has 45 heavy (non-hydrogen) atoms. The number of benzene rings is 3. The van der Waals surface area contributed by atoms with E-state index in [4.69, 9.17) is 23.4 Å². The molecule has 236 valence electrons. The lowest BCUT2D eigenvalue weighted by atomic mass is 9.99. The Labute approximate surface area is 254 Å². The van der Waals surface area contributed by atoms with Crippen molar-refractivity contribution in [3.63, 3.8) is 0 Å². The Morgan fingerprint density at radius 1 is 0.889 bits per heavy atom. The molecule has 1 saturated heterocycles. The van der Waals surface area contributed by atoms with Gasteiger partial charge in [-0.25, -0.2) is 4.79 Å². The fraction of sp³-hybridized carbons (Fsp3) is 0.226. The summed E-state index contributed by atoms with van der Waals surface area (Å²) in [4.78, 5) is 24.3. The zero-order valence-corrected chi connectivity index (χ0v) is 23.4. The zero-order chi connectivity index (χ0) is 32.4. The summed E-state index contributed by atoms with van der Waals surface area (Å²) in [7, 11) is 1.24. The van der Waals surface area contributed by atoms with Crippen LogP contribution in [-0.2, 0) is 14.3 Å². The Bertz CT molecular complexity index is 1740. The average Bonchev–Trinajstić information content (AvgIpc) is 3.01. The van der Waals surface area contributed by atoms with Gasteiger partial charge in [-0.1, -0.05) is 12.1 Å². The first kappa shape index (κ1) is 31.2. The maximum absolute atomic E-state index is 12.3. The van der Waals surface area contributed by atoms with Crippen molar-refractivity contribution in [2.75, 3.05) is 13.7 Å². The summed E-state index contributed by atoms with van der Waals surface area (Å²) in [5.74, 6) is -3.04. The quantitative estimate of drug-likeness (QED) is 0.0841. The minimum Gasteiger partial charge on any atom is -0.508 e. The SMILES string of the molecule is COc1cc(-c2oc3cc(=O)cc(O)c-3cc2OC2O[C@H](COC(=O)C=Cc3ccc(O)cc3)[C@@H](O)[C@H](O)[C@H]2O)cc(O)c1O. The highest BCUT2D eigenvalue weighted by Gasteiger charge is 2.46. The first-order valence-corrected chi connectivity index (χ1v) is 13.4. The van der Waals surface area contributed by atoms with E-state index < -0.39 is 66.0 Å². The van der Waals surface area contributed by atoms with Crippen molar-refractivity contribution in [2.45, 2.75) is 30.7 Å². The summed E-state index contributed by atoms with van der Waals surface area (Å²) in [6.07, 6.45) is -5.93. The van der Waals surface area contributed by atoms with Crippen molar-refractivity contribution in [3.8, 4) is 57.1 Å². The first-order chi connectivity index (χ1) is 21.4. The molecule has 1 fully saturated rings. The van der Waals surface area contributed by atoms with Gasteiger partial charge in [0.2, 0.25) is 12.0 Å². The van der Waals surface area contributed by atoms with Gasteiger partial charge in [-0.3, -0.25) is 4.79 Å². The van der Waals surface area contributed by atoms with Crippen molar-refractivity contribution in [2.24, 2.45) is 0 Å². The summed E-state index contributed by atoms with van der Waals surface area (Å²) in [5.41, 5.74) is 0.0963. The number of phenols is 4. The molecule has 3 aliphatic rings. The van der Waals surface area contributed by atoms with Crippen LogP contribution in [0.4, 0.5) is 0 Å². The third-order valence-corrected chi connectivity index (χ3v) is 6.95. The summed E-state index contributed by atoms with van der Waals surface area (Å²) in [6.45, 7) is -0.561. The molecule has 0 spiro atoms. The number of ether oxygens (including phenoxy) is 4. The van der Waals surface area contributed by atoms with Crippen molar-refractivity contribution in [3.05, 3.63) is 76.5 Å². The van der Waals surface area contributed by atoms with Crippen LogP contribution < -0.4 is 14.9 Å². The van der Waals surface area contributed by atoms with E-state index >= 15 is 0 Å². The first-order valence-electron chi connectivity index (χ1n) is 13.4. The predicted molar refractivity (Wildman–Crippen MR) is 154 cm³/mol. The molecule has 0 radical (unpaired) electrons. The normalized spacial score (nSPS) is 21.6. The number of esters is 1. The van der Waals surface area contributed by atoms with Crippen molar-refractivity contribution >= 4 is 12.0 Å². The monoisotopic (exact) mass is 624 g/mol. The second kappa shape index (κ2) is 12.8. The minimum atomic E-state index is -1.84. The van der Waals surface area contributed by atoms with E-state index in [1.165, 1.54) is 37.5 Å². The van der Waals surface area contributed by atoms with Gasteiger partial charge >= 0.3 is 5.97 Å². The maximum atomic E-state index is 12.3. The minimum absolute atomic E-state index is 0.0140. The number of aliphatic hydroxyl groups is 3. The number of rotatable bonds is 8. The van der Waals surface area contributed by atoms with Crippen LogP contribution in [0.1, 0.15) is 5.56 Å². The molecule has 0 aromatic heterocycles. The van der Waals surface area contributed by atoms with Gasteiger partial charge in [0.15, 0.2) is 28.4 Å². The second-order valence-corrected chi connectivity index (χ2v) is 10.0. The van der Waals surface area contributed by atoms with Gasteiger partial charge < -0.3 is 59.1 Å². The molecule has 14 nitrogen and oxygen atoms in total. The molecule has 1 unspecified atom stereocenters. The molecule has 2 heterocycles. The maximum Gasteiger partial charge on any atom is 0.330 e. The third-order valence-electron chi connectivity index (χ3n) is 6.95. The Kier molecular flexibility index (Phi) is 8.83. The Morgan fingerprint density at radius 3 is 2.33 bits per heavy atom. The molecule has 7 N–H and O–H groups in total. The summed E-state index contributed by atoms with van der Waals surface area (Å²) < 4.78 is 27.7. The van der Waals surface area contributed by atoms with Gasteiger partial charge in [0, 0.05) is 23.8 Å². The molecule has 0 saturated carbocycles. The number of fused-ring (bicyclic) bond motifs is 1. The number of hydrogen-bond acceptors (Lipinski definition) is 14. The van der Waals surface area contributed by atoms with Gasteiger partial charge in [0.25, 0.3) is 0 Å². The van der Waals surface area contributed by atoms with E-state index in [1.807, 2.05) is 0 Å². The molecule has 5 rings (SSSR count). The van der Waals surface area contributed by atoms with Gasteiger partial charge in [0.05, 0.1) is 12.7 Å². The highest BCUT2D eigenvalue weighted by atomic mass is 16.7. The third kappa shape index (κ3) is 6.63. The van der Waals surface area contributed by atoms with Crippen LogP contribution in [-0.4, -0.2) is 86.1 Å². The number of carbonyl (C=O) groups excluding carboxylic acids is 1. The molecule has 2 aliphatic heterocycles. The lowest BCUT2D eigenvalue weighted by Crippen LogP contribution is -2.60. The van der Waals surface area contributed by atoms with E-state index in [0.29, 0.717) is 5.56 Å². The Hall–Kier alpha value is -5.28. The molecule has 5 atom stereocenters. The Morgan fingerprint density at radius 2 is 1.62 bits per heavy atom. The molecule has 1 aliphatic carbocycles. The van der Waals surface area contributed by atoms with Crippen molar-refractivity contribution in [1.82, 2.24) is 0 Å². The summed E-state index contributed by atoms with van der Waals surface area (Å²) >= 11 is 0. The topological polar surface area (TPSA) is 226 Å². The van der Waals surface area contributed by atoms with Gasteiger partial charge in [-0.2, -0.15) is 0 Å². The van der Waals surface area contributed by atoms with E-state index in [9.17, 15) is 45.3 Å². The molecule has 0 amide bonds. The van der Waals surface area contributed by atoms with Crippen molar-refractivity contribution in [1.29, 1.82) is 0 Å². The fourth-order valence-electron chi connectivity index (χ4n) is 4.58. The highest BCUT2D eigenvalue weighted by molar-refractivity contribution is 5.87. The smallest absolute Gasteiger partial charge is 0.330 e. The van der Waals surface area contributed by atoms with Crippen LogP contribution in [0.5, 0.6) is 34.5 Å². The van der Waals surface area contributed by atoms with E-state index in [1.54, 1.807) is 12.1 Å². The van der Waals surface area contributed by atoms with Crippen LogP contribution in [0, 0.1) is 0 Å². The molecule has 2 aromatic carbocycles. The van der Waals surface area contributed by atoms with E-state index in [0.717, 1.165) is 24.3 Å². The molecule has 14 heteroatoms. The van der Waals surface area contributed by atoms with E-state index in [2.05, 4.69) is 0 Å². The van der Waals surface area contributed by atoms with Crippen LogP contribution in [0.2, 0.25) is 0 Å². The lowest BCUT2D eigenvalue weighted by molar-refractivity contribution is -0.278. The molecule has 2 aromatic rings. The number of aromatic hydroxyl groups is 4. The number of hydrogen-bond donors (Lipinski definition) is 7. The molecule has 0 bridgehead atoms. The fourth-order valence-corrected chi connectivity index (χ4v) is 4.58. The van der Waals surface area contributed by atoms with Crippen LogP contribution in [0.15, 0.2) is 69.9 Å². The molecular weight excluding hydrogens is 596 g/mol. The largest absolute Gasteiger partial charge is 0.508 e. The standard InChI is InChI=1S/C31H28O14/c1-41-22-9-15(8-20(35)26(22)37)30-23(12-18-19(34)10-17(33)11-21(18)43-30)44-31-29(40)28(39)27(38)24(45-31)13-42-25(36)7-4-14-2-5-16(32)6-3-14/h2-12,24,27-29,31-32,34-35,37-40H,13H2,1H3/t24-,27-,28+,29-,31?/m1/s1. The number of methoxy groups -OCH3 is 1. The summed E-state index contributed by atoms with van der Waals surface area (Å²) in [5, 5.41) is 71.9. The number of carbonyl (C=O) groups is 1. The predicted octanol–water partition coefficient (Wildman–Crippen LogP) is 1.69. The van der Waals surface area contributed by atoms with Crippen LogP contribution >= 0.6 is 0 Å². The molecular formula is C31H28O14. The van der Waals surface area contributed by atoms with Crippen LogP contribution in [0.3, 0.4) is 0 Å². The lowest BCUT2D eigenvalue weighted by Gasteiger charge is -2.40. The Balaban J connectivity index is 1.43. The van der Waals surface area contributed by atoms with Crippen molar-refractivity contribution < 1.29 is 63.9 Å². The zero-order valence-electron chi connectivity index (χ0n) is 23.4. The second-order valence-electron chi connectivity index (χ2n) is 10.0. The van der Waals surface area contributed by atoms with Gasteiger partial charge in [-0.15, -0.1) is 0 Å². The highest BCUT2D eigenvalue weighted by Crippen LogP contribution is 2.45. The number of phenolic OH excluding ortho intramolecular Hbond substituents is 4. The number of aliphatic hydroxyl groups excluding tert-OH is 3. The summed E-state index contributed by atoms with van der Waals surface area (Å²) in [6, 6.07) is 11.6.